The molecule has 8 nitrogen and oxygen atoms in total. The monoisotopic (exact) mass is 432 g/mol. The summed E-state index contributed by atoms with van der Waals surface area (Å²) in [4.78, 5) is 30.0. The summed E-state index contributed by atoms with van der Waals surface area (Å²) in [6.07, 6.45) is 3.31. The summed E-state index contributed by atoms with van der Waals surface area (Å²) >= 11 is 6.10. The number of carbonyl (C=O) groups is 1. The van der Waals surface area contributed by atoms with Crippen LogP contribution in [0.15, 0.2) is 29.1 Å². The predicted octanol–water partition coefficient (Wildman–Crippen LogP) is 1.44. The van der Waals surface area contributed by atoms with Crippen molar-refractivity contribution >= 4 is 23.2 Å². The second-order valence-corrected chi connectivity index (χ2v) is 8.49. The molecule has 2 aromatic rings. The summed E-state index contributed by atoms with van der Waals surface area (Å²) in [5, 5.41) is 8.10. The van der Waals surface area contributed by atoms with Gasteiger partial charge in [0.1, 0.15) is 11.9 Å². The van der Waals surface area contributed by atoms with Crippen LogP contribution in [0.3, 0.4) is 0 Å². The van der Waals surface area contributed by atoms with Crippen LogP contribution in [0.5, 0.6) is 0 Å². The molecule has 0 spiro atoms. The molecule has 0 aliphatic carbocycles. The highest BCUT2D eigenvalue weighted by atomic mass is 35.5. The second-order valence-electron chi connectivity index (χ2n) is 8.05. The molecule has 1 atom stereocenters. The zero-order chi connectivity index (χ0) is 21.1. The van der Waals surface area contributed by atoms with E-state index in [0.717, 1.165) is 68.5 Å². The van der Waals surface area contributed by atoms with Gasteiger partial charge in [0.2, 0.25) is 5.91 Å². The smallest absolute Gasteiger partial charge is 0.346 e. The van der Waals surface area contributed by atoms with Gasteiger partial charge in [-0.3, -0.25) is 14.3 Å². The Hall–Kier alpha value is -2.32. The normalized spacial score (nSPS) is 19.9. The first-order valence-corrected chi connectivity index (χ1v) is 11.1. The maximum absolute atomic E-state index is 12.8. The van der Waals surface area contributed by atoms with Gasteiger partial charge in [-0.25, -0.2) is 9.48 Å². The number of fused-ring (bicyclic) bond motifs is 1. The zero-order valence-corrected chi connectivity index (χ0v) is 18.1. The standard InChI is InChI=1S/C21H29ClN6O2/c1-25-21(30)28-18(7-2-3-8-19(28)24-25)20(29)23-9-10-26-11-13-27(14-12-26)17-6-4-5-16(22)15-17/h4-6,15,18H,2-3,7-14H2,1H3,(H,23,29). The van der Waals surface area contributed by atoms with Gasteiger partial charge in [0.25, 0.3) is 0 Å². The van der Waals surface area contributed by atoms with Crippen molar-refractivity contribution in [1.29, 1.82) is 0 Å². The van der Waals surface area contributed by atoms with E-state index in [-0.39, 0.29) is 11.6 Å². The number of amides is 1. The van der Waals surface area contributed by atoms with Crippen LogP contribution in [0, 0.1) is 0 Å². The third-order valence-corrected chi connectivity index (χ3v) is 6.28. The van der Waals surface area contributed by atoms with E-state index in [1.165, 1.54) is 4.68 Å². The highest BCUT2D eigenvalue weighted by molar-refractivity contribution is 6.30. The van der Waals surface area contributed by atoms with E-state index in [4.69, 9.17) is 11.6 Å². The summed E-state index contributed by atoms with van der Waals surface area (Å²) in [7, 11) is 1.64. The third-order valence-electron chi connectivity index (χ3n) is 6.04. The molecule has 0 radical (unpaired) electrons. The predicted molar refractivity (Wildman–Crippen MR) is 117 cm³/mol. The van der Waals surface area contributed by atoms with Crippen molar-refractivity contribution in [3.8, 4) is 0 Å². The lowest BCUT2D eigenvalue weighted by atomic mass is 10.1. The van der Waals surface area contributed by atoms with Crippen LogP contribution in [-0.4, -0.2) is 64.4 Å². The molecule has 1 aromatic carbocycles. The molecule has 162 valence electrons. The number of hydrogen-bond acceptors (Lipinski definition) is 5. The molecule has 4 rings (SSSR count). The average molecular weight is 433 g/mol. The Balaban J connectivity index is 1.27. The molecule has 1 amide bonds. The number of carbonyl (C=O) groups excluding carboxylic acids is 1. The van der Waals surface area contributed by atoms with Gasteiger partial charge in [0, 0.05) is 63.4 Å². The number of aryl methyl sites for hydroxylation is 2. The minimum absolute atomic E-state index is 0.0780. The summed E-state index contributed by atoms with van der Waals surface area (Å²) in [5.74, 6) is 0.642. The number of piperazine rings is 1. The molecule has 1 saturated heterocycles. The first-order chi connectivity index (χ1) is 14.5. The molecule has 0 saturated carbocycles. The lowest BCUT2D eigenvalue weighted by Crippen LogP contribution is -2.49. The lowest BCUT2D eigenvalue weighted by Gasteiger charge is -2.36. The van der Waals surface area contributed by atoms with Gasteiger partial charge in [0.15, 0.2) is 0 Å². The first-order valence-electron chi connectivity index (χ1n) is 10.7. The highest BCUT2D eigenvalue weighted by Gasteiger charge is 2.28. The molecular weight excluding hydrogens is 404 g/mol. The van der Waals surface area contributed by atoms with Crippen LogP contribution in [0.25, 0.3) is 0 Å². The van der Waals surface area contributed by atoms with E-state index >= 15 is 0 Å². The van der Waals surface area contributed by atoms with Gasteiger partial charge in [-0.2, -0.15) is 5.10 Å². The number of benzene rings is 1. The Morgan fingerprint density at radius 2 is 2.03 bits per heavy atom. The summed E-state index contributed by atoms with van der Waals surface area (Å²) in [6.45, 7) is 5.14. The van der Waals surface area contributed by atoms with Crippen LogP contribution in [0.1, 0.15) is 31.1 Å². The topological polar surface area (TPSA) is 75.4 Å². The van der Waals surface area contributed by atoms with Crippen molar-refractivity contribution in [2.24, 2.45) is 7.05 Å². The fourth-order valence-electron chi connectivity index (χ4n) is 4.37. The van der Waals surface area contributed by atoms with E-state index in [9.17, 15) is 9.59 Å². The van der Waals surface area contributed by atoms with E-state index in [0.29, 0.717) is 13.0 Å². The van der Waals surface area contributed by atoms with Crippen molar-refractivity contribution in [2.45, 2.75) is 31.7 Å². The Kier molecular flexibility index (Phi) is 6.43. The lowest BCUT2D eigenvalue weighted by molar-refractivity contribution is -0.124. The maximum atomic E-state index is 12.8. The third kappa shape index (κ3) is 4.54. The number of anilines is 1. The fraction of sp³-hybridized carbons (Fsp3) is 0.571. The molecule has 3 heterocycles. The van der Waals surface area contributed by atoms with Crippen molar-refractivity contribution in [1.82, 2.24) is 24.6 Å². The number of nitrogens with zero attached hydrogens (tertiary/aromatic N) is 5. The largest absolute Gasteiger partial charge is 0.369 e. The Morgan fingerprint density at radius 3 is 2.80 bits per heavy atom. The minimum atomic E-state index is -0.455. The number of rotatable bonds is 5. The first kappa shape index (κ1) is 20.9. The molecule has 9 heteroatoms. The SMILES string of the molecule is Cn1nc2n(c1=O)C(C(=O)NCCN1CCN(c3cccc(Cl)c3)CC1)CCCC2. The minimum Gasteiger partial charge on any atom is -0.369 e. The quantitative estimate of drug-likeness (QED) is 0.773. The van der Waals surface area contributed by atoms with Gasteiger partial charge in [-0.15, -0.1) is 0 Å². The van der Waals surface area contributed by atoms with Gasteiger partial charge < -0.3 is 10.2 Å². The molecule has 30 heavy (non-hydrogen) atoms. The molecule has 1 aromatic heterocycles. The fourth-order valence-corrected chi connectivity index (χ4v) is 4.55. The van der Waals surface area contributed by atoms with Gasteiger partial charge in [0.05, 0.1) is 0 Å². The van der Waals surface area contributed by atoms with Gasteiger partial charge in [-0.1, -0.05) is 24.1 Å². The van der Waals surface area contributed by atoms with Crippen LogP contribution in [0.2, 0.25) is 5.02 Å². The second kappa shape index (κ2) is 9.22. The van der Waals surface area contributed by atoms with Gasteiger partial charge in [-0.05, 0) is 31.0 Å². The van der Waals surface area contributed by atoms with Gasteiger partial charge >= 0.3 is 5.69 Å². The Morgan fingerprint density at radius 1 is 1.23 bits per heavy atom. The van der Waals surface area contributed by atoms with E-state index in [1.807, 2.05) is 18.2 Å². The molecule has 1 N–H and O–H groups in total. The molecule has 2 aliphatic rings. The van der Waals surface area contributed by atoms with E-state index in [1.54, 1.807) is 11.6 Å². The zero-order valence-electron chi connectivity index (χ0n) is 17.4. The summed E-state index contributed by atoms with van der Waals surface area (Å²) in [6, 6.07) is 7.50. The van der Waals surface area contributed by atoms with Crippen LogP contribution in [0.4, 0.5) is 5.69 Å². The summed E-state index contributed by atoms with van der Waals surface area (Å²) < 4.78 is 2.92. The Bertz CT molecular complexity index is 947. The van der Waals surface area contributed by atoms with Crippen molar-refractivity contribution < 1.29 is 4.79 Å². The number of hydrogen-bond donors (Lipinski definition) is 1. The van der Waals surface area contributed by atoms with Crippen LogP contribution < -0.4 is 15.9 Å². The van der Waals surface area contributed by atoms with E-state index in [2.05, 4.69) is 26.3 Å². The molecule has 1 fully saturated rings. The molecule has 0 bridgehead atoms. The number of nitrogens with one attached hydrogen (secondary N) is 1. The molecule has 2 aliphatic heterocycles. The summed E-state index contributed by atoms with van der Waals surface area (Å²) in [5.41, 5.74) is 0.950. The molecule has 1 unspecified atom stereocenters. The maximum Gasteiger partial charge on any atom is 0.346 e. The average Bonchev–Trinajstić information content (AvgIpc) is 2.90. The molecular formula is C21H29ClN6O2. The van der Waals surface area contributed by atoms with Crippen LogP contribution >= 0.6 is 11.6 Å². The van der Waals surface area contributed by atoms with Crippen molar-refractivity contribution in [3.63, 3.8) is 0 Å². The van der Waals surface area contributed by atoms with Crippen molar-refractivity contribution in [3.05, 3.63) is 45.6 Å². The van der Waals surface area contributed by atoms with Crippen molar-refractivity contribution in [2.75, 3.05) is 44.2 Å². The number of aromatic nitrogens is 3. The van der Waals surface area contributed by atoms with Crippen LogP contribution in [-0.2, 0) is 18.3 Å². The van der Waals surface area contributed by atoms with E-state index < -0.39 is 6.04 Å². The number of halogens is 1. The Labute approximate surface area is 181 Å². The highest BCUT2D eigenvalue weighted by Crippen LogP contribution is 2.22.